The van der Waals surface area contributed by atoms with Crippen molar-refractivity contribution in [1.29, 1.82) is 0 Å². The summed E-state index contributed by atoms with van der Waals surface area (Å²) in [6.07, 6.45) is 0. The lowest BCUT2D eigenvalue weighted by atomic mass is 10.2. The summed E-state index contributed by atoms with van der Waals surface area (Å²) in [6, 6.07) is 18.0. The highest BCUT2D eigenvalue weighted by atomic mass is 35.5. The van der Waals surface area contributed by atoms with Crippen LogP contribution in [-0.4, -0.2) is 4.98 Å². The molecule has 3 rings (SSSR count). The number of rotatable bonds is 2. The number of nitrogens with zero attached hydrogens (tertiary/aromatic N) is 1. The summed E-state index contributed by atoms with van der Waals surface area (Å²) in [7, 11) is 0. The van der Waals surface area contributed by atoms with Crippen molar-refractivity contribution in [3.63, 3.8) is 0 Å². The van der Waals surface area contributed by atoms with Gasteiger partial charge < -0.3 is 0 Å². The van der Waals surface area contributed by atoms with Crippen LogP contribution in [0.4, 0.5) is 0 Å². The van der Waals surface area contributed by atoms with Gasteiger partial charge in [0.15, 0.2) is 0 Å². The molecule has 1 heterocycles. The van der Waals surface area contributed by atoms with E-state index in [0.29, 0.717) is 0 Å². The molecule has 0 saturated heterocycles. The highest BCUT2D eigenvalue weighted by Gasteiger charge is 2.05. The minimum Gasteiger partial charge on any atom is -0.236 e. The summed E-state index contributed by atoms with van der Waals surface area (Å²) in [5.74, 6) is 0. The first-order valence-corrected chi connectivity index (χ1v) is 6.85. The molecule has 0 spiro atoms. The molecule has 0 aliphatic rings. The second kappa shape index (κ2) is 4.92. The molecule has 0 N–H and O–H groups in total. The summed E-state index contributed by atoms with van der Waals surface area (Å²) in [6.45, 7) is 0. The van der Waals surface area contributed by atoms with Crippen LogP contribution in [0, 0.1) is 0 Å². The van der Waals surface area contributed by atoms with E-state index in [4.69, 9.17) is 11.6 Å². The molecule has 1 nitrogen and oxygen atoms in total. The van der Waals surface area contributed by atoms with Gasteiger partial charge in [-0.15, -0.1) is 11.3 Å². The molecule has 0 fully saturated rings. The minimum atomic E-state index is 0.747. The van der Waals surface area contributed by atoms with Crippen molar-refractivity contribution < 1.29 is 0 Å². The summed E-state index contributed by atoms with van der Waals surface area (Å²) in [5, 5.41) is 3.86. The van der Waals surface area contributed by atoms with Crippen LogP contribution >= 0.6 is 22.9 Å². The molecule has 3 heteroatoms. The standard InChI is InChI=1S/C15H10ClNS/c16-13-8-6-11(7-9-13)14-10-18-15(17-14)12-4-2-1-3-5-12/h1-10H. The number of hydrogen-bond donors (Lipinski definition) is 0. The van der Waals surface area contributed by atoms with Crippen LogP contribution in [0.25, 0.3) is 21.8 Å². The zero-order valence-corrected chi connectivity index (χ0v) is 11.1. The third-order valence-electron chi connectivity index (χ3n) is 2.66. The molecule has 18 heavy (non-hydrogen) atoms. The van der Waals surface area contributed by atoms with Crippen LogP contribution in [0.15, 0.2) is 60.0 Å². The van der Waals surface area contributed by atoms with E-state index in [0.717, 1.165) is 26.9 Å². The van der Waals surface area contributed by atoms with Gasteiger partial charge in [0.05, 0.1) is 5.69 Å². The Kier molecular flexibility index (Phi) is 3.13. The van der Waals surface area contributed by atoms with Crippen LogP contribution in [0.3, 0.4) is 0 Å². The second-order valence-corrected chi connectivity index (χ2v) is 5.21. The van der Waals surface area contributed by atoms with Gasteiger partial charge in [-0.1, -0.05) is 54.1 Å². The number of aromatic nitrogens is 1. The average Bonchev–Trinajstić information content (AvgIpc) is 2.90. The van der Waals surface area contributed by atoms with E-state index >= 15 is 0 Å². The molecular formula is C15H10ClNS. The van der Waals surface area contributed by atoms with Crippen molar-refractivity contribution in [2.75, 3.05) is 0 Å². The van der Waals surface area contributed by atoms with Crippen LogP contribution in [-0.2, 0) is 0 Å². The topological polar surface area (TPSA) is 12.9 Å². The Balaban J connectivity index is 1.97. The molecule has 0 radical (unpaired) electrons. The molecule has 2 aromatic carbocycles. The van der Waals surface area contributed by atoms with Crippen LogP contribution in [0.5, 0.6) is 0 Å². The maximum atomic E-state index is 5.88. The van der Waals surface area contributed by atoms with E-state index in [1.165, 1.54) is 0 Å². The van der Waals surface area contributed by atoms with Gasteiger partial charge in [0, 0.05) is 21.5 Å². The van der Waals surface area contributed by atoms with Crippen molar-refractivity contribution in [2.24, 2.45) is 0 Å². The second-order valence-electron chi connectivity index (χ2n) is 3.91. The highest BCUT2D eigenvalue weighted by Crippen LogP contribution is 2.29. The van der Waals surface area contributed by atoms with Crippen LogP contribution in [0.2, 0.25) is 5.02 Å². The van der Waals surface area contributed by atoms with Gasteiger partial charge in [-0.3, -0.25) is 0 Å². The predicted octanol–water partition coefficient (Wildman–Crippen LogP) is 5.13. The Hall–Kier alpha value is -1.64. The lowest BCUT2D eigenvalue weighted by Crippen LogP contribution is -1.79. The molecule has 1 aromatic heterocycles. The number of hydrogen-bond acceptors (Lipinski definition) is 2. The van der Waals surface area contributed by atoms with E-state index in [-0.39, 0.29) is 0 Å². The molecule has 3 aromatic rings. The number of halogens is 1. The molecule has 88 valence electrons. The number of benzene rings is 2. The monoisotopic (exact) mass is 271 g/mol. The lowest BCUT2D eigenvalue weighted by molar-refractivity contribution is 1.40. The maximum absolute atomic E-state index is 5.88. The van der Waals surface area contributed by atoms with Crippen molar-refractivity contribution >= 4 is 22.9 Å². The fourth-order valence-corrected chi connectivity index (χ4v) is 2.70. The third kappa shape index (κ3) is 2.30. The van der Waals surface area contributed by atoms with Gasteiger partial charge in [0.25, 0.3) is 0 Å². The Morgan fingerprint density at radius 1 is 0.833 bits per heavy atom. The van der Waals surface area contributed by atoms with Gasteiger partial charge in [0.1, 0.15) is 5.01 Å². The normalized spacial score (nSPS) is 10.5. The highest BCUT2D eigenvalue weighted by molar-refractivity contribution is 7.13. The summed E-state index contributed by atoms with van der Waals surface area (Å²) in [4.78, 5) is 4.66. The predicted molar refractivity (Wildman–Crippen MR) is 78.0 cm³/mol. The molecule has 0 unspecified atom stereocenters. The van der Waals surface area contributed by atoms with Gasteiger partial charge in [-0.25, -0.2) is 4.98 Å². The molecule has 0 atom stereocenters. The molecule has 0 bridgehead atoms. The van der Waals surface area contributed by atoms with Crippen molar-refractivity contribution in [3.8, 4) is 21.8 Å². The van der Waals surface area contributed by atoms with Gasteiger partial charge in [-0.2, -0.15) is 0 Å². The first-order chi connectivity index (χ1) is 8.83. The Morgan fingerprint density at radius 3 is 2.28 bits per heavy atom. The van der Waals surface area contributed by atoms with E-state index in [2.05, 4.69) is 22.5 Å². The molecule has 0 aliphatic heterocycles. The van der Waals surface area contributed by atoms with Crippen molar-refractivity contribution in [2.45, 2.75) is 0 Å². The fourth-order valence-electron chi connectivity index (χ4n) is 1.74. The third-order valence-corrected chi connectivity index (χ3v) is 3.81. The van der Waals surface area contributed by atoms with Crippen molar-refractivity contribution in [3.05, 3.63) is 65.0 Å². The van der Waals surface area contributed by atoms with E-state index in [1.54, 1.807) is 11.3 Å². The molecule has 0 saturated carbocycles. The summed E-state index contributed by atoms with van der Waals surface area (Å²) in [5.41, 5.74) is 3.25. The maximum Gasteiger partial charge on any atom is 0.124 e. The zero-order valence-electron chi connectivity index (χ0n) is 9.51. The molecular weight excluding hydrogens is 262 g/mol. The SMILES string of the molecule is Clc1ccc(-c2csc(-c3ccccc3)n2)cc1. The van der Waals surface area contributed by atoms with Crippen molar-refractivity contribution in [1.82, 2.24) is 4.98 Å². The van der Waals surface area contributed by atoms with Gasteiger partial charge >= 0.3 is 0 Å². The minimum absolute atomic E-state index is 0.747. The Morgan fingerprint density at radius 2 is 1.56 bits per heavy atom. The Labute approximate surface area is 115 Å². The smallest absolute Gasteiger partial charge is 0.124 e. The van der Waals surface area contributed by atoms with E-state index in [1.807, 2.05) is 42.5 Å². The van der Waals surface area contributed by atoms with Gasteiger partial charge in [-0.05, 0) is 12.1 Å². The quantitative estimate of drug-likeness (QED) is 0.630. The largest absolute Gasteiger partial charge is 0.236 e. The molecule has 0 aliphatic carbocycles. The fraction of sp³-hybridized carbons (Fsp3) is 0. The zero-order chi connectivity index (χ0) is 12.4. The lowest BCUT2D eigenvalue weighted by Gasteiger charge is -1.97. The Bertz CT molecular complexity index is 644. The van der Waals surface area contributed by atoms with E-state index < -0.39 is 0 Å². The number of thiazole rings is 1. The van der Waals surface area contributed by atoms with Crippen LogP contribution in [0.1, 0.15) is 0 Å². The summed E-state index contributed by atoms with van der Waals surface area (Å²) < 4.78 is 0. The average molecular weight is 272 g/mol. The first-order valence-electron chi connectivity index (χ1n) is 5.60. The summed E-state index contributed by atoms with van der Waals surface area (Å²) >= 11 is 7.54. The van der Waals surface area contributed by atoms with Gasteiger partial charge in [0.2, 0.25) is 0 Å². The van der Waals surface area contributed by atoms with Crippen LogP contribution < -0.4 is 0 Å². The first kappa shape index (κ1) is 11.5. The van der Waals surface area contributed by atoms with E-state index in [9.17, 15) is 0 Å². The molecule has 0 amide bonds.